The lowest BCUT2D eigenvalue weighted by atomic mass is 9.95. The zero-order chi connectivity index (χ0) is 19.2. The maximum Gasteiger partial charge on any atom is 0.319 e. The molecule has 1 saturated carbocycles. The van der Waals surface area contributed by atoms with Crippen molar-refractivity contribution in [2.45, 2.75) is 44.6 Å². The molecule has 0 radical (unpaired) electrons. The molecule has 0 bridgehead atoms. The van der Waals surface area contributed by atoms with Crippen molar-refractivity contribution in [1.82, 2.24) is 14.8 Å². The molecule has 3 rings (SSSR count). The van der Waals surface area contributed by atoms with Crippen molar-refractivity contribution in [3.8, 4) is 5.75 Å². The molecule has 146 valence electrons. The van der Waals surface area contributed by atoms with Crippen molar-refractivity contribution in [3.63, 3.8) is 0 Å². The Morgan fingerprint density at radius 3 is 2.70 bits per heavy atom. The van der Waals surface area contributed by atoms with E-state index in [-0.39, 0.29) is 11.6 Å². The van der Waals surface area contributed by atoms with Crippen LogP contribution < -0.4 is 10.3 Å². The molecule has 1 aromatic heterocycles. The summed E-state index contributed by atoms with van der Waals surface area (Å²) in [5.74, 6) is 0.767. The lowest BCUT2D eigenvalue weighted by Crippen LogP contribution is -2.45. The van der Waals surface area contributed by atoms with Crippen molar-refractivity contribution in [2.24, 2.45) is 0 Å². The summed E-state index contributed by atoms with van der Waals surface area (Å²) in [4.78, 5) is 30.4. The van der Waals surface area contributed by atoms with Crippen LogP contribution in [-0.2, 0) is 0 Å². The number of ether oxygens (including phenoxy) is 1. The Balaban J connectivity index is 1.44. The second-order valence-electron chi connectivity index (χ2n) is 7.38. The first-order valence-corrected chi connectivity index (χ1v) is 9.78. The summed E-state index contributed by atoms with van der Waals surface area (Å²) in [6.45, 7) is 1.20. The van der Waals surface area contributed by atoms with Crippen LogP contribution in [0.3, 0.4) is 0 Å². The predicted octanol–water partition coefficient (Wildman–Crippen LogP) is 3.61. The van der Waals surface area contributed by atoms with Crippen molar-refractivity contribution in [3.05, 3.63) is 40.7 Å². The lowest BCUT2D eigenvalue weighted by molar-refractivity contribution is 0.140. The SMILES string of the molecule is CN(CCCOc1ccc2[nH]c(=O)ccc2c1)C(=O)N(C)C1CCCCC1. The molecule has 0 saturated heterocycles. The number of carbonyl (C=O) groups is 1. The number of hydrogen-bond acceptors (Lipinski definition) is 3. The predicted molar refractivity (Wildman–Crippen MR) is 107 cm³/mol. The number of rotatable bonds is 6. The highest BCUT2D eigenvalue weighted by Gasteiger charge is 2.23. The average Bonchev–Trinajstić information content (AvgIpc) is 2.70. The second-order valence-corrected chi connectivity index (χ2v) is 7.38. The number of aromatic nitrogens is 1. The van der Waals surface area contributed by atoms with Gasteiger partial charge in [0.25, 0.3) is 0 Å². The minimum Gasteiger partial charge on any atom is -0.494 e. The maximum absolute atomic E-state index is 12.6. The van der Waals surface area contributed by atoms with E-state index in [9.17, 15) is 9.59 Å². The van der Waals surface area contributed by atoms with Crippen LogP contribution in [0.2, 0.25) is 0 Å². The van der Waals surface area contributed by atoms with Gasteiger partial charge < -0.3 is 19.5 Å². The smallest absolute Gasteiger partial charge is 0.319 e. The zero-order valence-electron chi connectivity index (χ0n) is 16.2. The first-order valence-electron chi connectivity index (χ1n) is 9.78. The fourth-order valence-electron chi connectivity index (χ4n) is 3.70. The summed E-state index contributed by atoms with van der Waals surface area (Å²) in [5, 5.41) is 0.938. The van der Waals surface area contributed by atoms with E-state index >= 15 is 0 Å². The lowest BCUT2D eigenvalue weighted by Gasteiger charge is -2.34. The Morgan fingerprint density at radius 1 is 1.15 bits per heavy atom. The molecule has 27 heavy (non-hydrogen) atoms. The van der Waals surface area contributed by atoms with Gasteiger partial charge in [0.1, 0.15) is 5.75 Å². The van der Waals surface area contributed by atoms with Gasteiger partial charge in [-0.05, 0) is 43.5 Å². The topological polar surface area (TPSA) is 65.6 Å². The third-order valence-corrected chi connectivity index (χ3v) is 5.35. The quantitative estimate of drug-likeness (QED) is 0.789. The molecular formula is C21H29N3O3. The monoisotopic (exact) mass is 371 g/mol. The molecule has 1 N–H and O–H groups in total. The minimum atomic E-state index is -0.109. The van der Waals surface area contributed by atoms with Gasteiger partial charge in [-0.2, -0.15) is 0 Å². The van der Waals surface area contributed by atoms with Crippen molar-refractivity contribution < 1.29 is 9.53 Å². The second kappa shape index (κ2) is 8.93. The highest BCUT2D eigenvalue weighted by atomic mass is 16.5. The summed E-state index contributed by atoms with van der Waals surface area (Å²) >= 11 is 0. The van der Waals surface area contributed by atoms with Crippen LogP contribution in [0.25, 0.3) is 10.9 Å². The van der Waals surface area contributed by atoms with E-state index in [1.54, 1.807) is 11.0 Å². The van der Waals surface area contributed by atoms with Crippen LogP contribution in [0.4, 0.5) is 4.79 Å². The number of nitrogens with one attached hydrogen (secondary N) is 1. The third-order valence-electron chi connectivity index (χ3n) is 5.35. The van der Waals surface area contributed by atoms with Crippen molar-refractivity contribution >= 4 is 16.9 Å². The highest BCUT2D eigenvalue weighted by molar-refractivity contribution is 5.79. The van der Waals surface area contributed by atoms with Gasteiger partial charge in [-0.1, -0.05) is 19.3 Å². The third kappa shape index (κ3) is 5.02. The summed E-state index contributed by atoms with van der Waals surface area (Å²) in [6.07, 6.45) is 6.73. The summed E-state index contributed by atoms with van der Waals surface area (Å²) in [7, 11) is 3.78. The molecule has 1 aliphatic rings. The number of pyridine rings is 1. The fraction of sp³-hybridized carbons (Fsp3) is 0.524. The zero-order valence-corrected chi connectivity index (χ0v) is 16.2. The standard InChI is InChI=1S/C21H29N3O3/c1-23(21(26)24(2)17-7-4-3-5-8-17)13-6-14-27-18-10-11-19-16(15-18)9-12-20(25)22-19/h9-12,15,17H,3-8,13-14H2,1-2H3,(H,22,25). The number of H-pyrrole nitrogens is 1. The normalized spacial score (nSPS) is 14.9. The molecule has 0 aliphatic heterocycles. The largest absolute Gasteiger partial charge is 0.494 e. The van der Waals surface area contributed by atoms with Gasteiger partial charge in [0.15, 0.2) is 0 Å². The van der Waals surface area contributed by atoms with Gasteiger partial charge >= 0.3 is 6.03 Å². The molecule has 1 aliphatic carbocycles. The van der Waals surface area contributed by atoms with Gasteiger partial charge in [-0.15, -0.1) is 0 Å². The van der Waals surface area contributed by atoms with Crippen LogP contribution in [0.15, 0.2) is 35.1 Å². The van der Waals surface area contributed by atoms with E-state index in [2.05, 4.69) is 4.98 Å². The first-order chi connectivity index (χ1) is 13.0. The molecule has 0 unspecified atom stereocenters. The fourth-order valence-corrected chi connectivity index (χ4v) is 3.70. The Morgan fingerprint density at radius 2 is 1.93 bits per heavy atom. The van der Waals surface area contributed by atoms with Gasteiger partial charge in [-0.25, -0.2) is 4.79 Å². The molecule has 0 atom stereocenters. The van der Waals surface area contributed by atoms with Crippen molar-refractivity contribution in [1.29, 1.82) is 0 Å². The summed E-state index contributed by atoms with van der Waals surface area (Å²) in [5.41, 5.74) is 0.688. The minimum absolute atomic E-state index is 0.0940. The molecule has 6 nitrogen and oxygen atoms in total. The van der Waals surface area contributed by atoms with Crippen LogP contribution in [0, 0.1) is 0 Å². The number of benzene rings is 1. The molecule has 1 fully saturated rings. The Hall–Kier alpha value is -2.50. The van der Waals surface area contributed by atoms with Crippen LogP contribution in [0.1, 0.15) is 38.5 Å². The van der Waals surface area contributed by atoms with E-state index in [1.165, 1.54) is 25.3 Å². The van der Waals surface area contributed by atoms with Crippen LogP contribution in [0.5, 0.6) is 5.75 Å². The molecule has 2 aromatic rings. The van der Waals surface area contributed by atoms with E-state index in [0.29, 0.717) is 19.2 Å². The van der Waals surface area contributed by atoms with Gasteiger partial charge in [0, 0.05) is 43.7 Å². The molecule has 6 heteroatoms. The number of fused-ring (bicyclic) bond motifs is 1. The molecule has 1 heterocycles. The summed E-state index contributed by atoms with van der Waals surface area (Å²) in [6, 6.07) is 9.39. The van der Waals surface area contributed by atoms with E-state index < -0.39 is 0 Å². The van der Waals surface area contributed by atoms with E-state index in [1.807, 2.05) is 37.2 Å². The van der Waals surface area contributed by atoms with Gasteiger partial charge in [-0.3, -0.25) is 4.79 Å². The maximum atomic E-state index is 12.6. The van der Waals surface area contributed by atoms with Crippen LogP contribution in [-0.4, -0.2) is 54.1 Å². The number of aromatic amines is 1. The van der Waals surface area contributed by atoms with Gasteiger partial charge in [0.05, 0.1) is 6.61 Å². The molecule has 0 spiro atoms. The average molecular weight is 371 g/mol. The Bertz CT molecular complexity index is 827. The van der Waals surface area contributed by atoms with E-state index in [0.717, 1.165) is 35.9 Å². The Labute approximate surface area is 160 Å². The first kappa shape index (κ1) is 19.3. The van der Waals surface area contributed by atoms with Crippen molar-refractivity contribution in [2.75, 3.05) is 27.2 Å². The number of urea groups is 1. The number of carbonyl (C=O) groups excluding carboxylic acids is 1. The molecule has 1 aromatic carbocycles. The highest BCUT2D eigenvalue weighted by Crippen LogP contribution is 2.22. The molecular weight excluding hydrogens is 342 g/mol. The Kier molecular flexibility index (Phi) is 6.37. The van der Waals surface area contributed by atoms with Crippen LogP contribution >= 0.6 is 0 Å². The number of amides is 2. The molecule has 2 amide bonds. The van der Waals surface area contributed by atoms with Gasteiger partial charge in [0.2, 0.25) is 5.56 Å². The number of hydrogen-bond donors (Lipinski definition) is 1. The number of nitrogens with zero attached hydrogens (tertiary/aromatic N) is 2. The summed E-state index contributed by atoms with van der Waals surface area (Å²) < 4.78 is 5.81. The van der Waals surface area contributed by atoms with E-state index in [4.69, 9.17) is 4.74 Å².